The van der Waals surface area contributed by atoms with Crippen molar-refractivity contribution in [2.45, 2.75) is 70.8 Å². The van der Waals surface area contributed by atoms with E-state index in [1.54, 1.807) is 0 Å². The quantitative estimate of drug-likeness (QED) is 0.788. The van der Waals surface area contributed by atoms with Crippen LogP contribution in [0.4, 0.5) is 0 Å². The summed E-state index contributed by atoms with van der Waals surface area (Å²) in [5.74, 6) is 0.220. The second kappa shape index (κ2) is 5.87. The van der Waals surface area contributed by atoms with Crippen molar-refractivity contribution >= 4 is 18.3 Å². The highest BCUT2D eigenvalue weighted by atomic mass is 35.5. The Morgan fingerprint density at radius 2 is 1.91 bits per heavy atom. The van der Waals surface area contributed by atoms with Gasteiger partial charge in [-0.15, -0.1) is 12.4 Å². The Kier molecular flexibility index (Phi) is 4.84. The van der Waals surface area contributed by atoms with Crippen molar-refractivity contribution < 1.29 is 14.3 Å². The third kappa shape index (κ3) is 2.70. The minimum Gasteiger partial charge on any atom is -0.377 e. The number of morpholine rings is 1. The lowest BCUT2D eigenvalue weighted by molar-refractivity contribution is -0.235. The van der Waals surface area contributed by atoms with E-state index in [-0.39, 0.29) is 47.5 Å². The van der Waals surface area contributed by atoms with Gasteiger partial charge in [0.1, 0.15) is 5.54 Å². The van der Waals surface area contributed by atoms with Crippen molar-refractivity contribution in [2.24, 2.45) is 17.1 Å². The Labute approximate surface area is 145 Å². The Morgan fingerprint density at radius 1 is 1.26 bits per heavy atom. The van der Waals surface area contributed by atoms with E-state index >= 15 is 0 Å². The van der Waals surface area contributed by atoms with E-state index in [0.29, 0.717) is 13.1 Å². The number of hydrogen-bond acceptors (Lipinski definition) is 4. The fourth-order valence-electron chi connectivity index (χ4n) is 4.88. The molecule has 0 aromatic carbocycles. The molecule has 2 aliphatic heterocycles. The van der Waals surface area contributed by atoms with Gasteiger partial charge < -0.3 is 20.1 Å². The molecule has 0 spiro atoms. The maximum Gasteiger partial charge on any atom is 0.243 e. The molecule has 2 N–H and O–H groups in total. The van der Waals surface area contributed by atoms with Gasteiger partial charge in [-0.3, -0.25) is 4.79 Å². The van der Waals surface area contributed by atoms with Gasteiger partial charge in [0.25, 0.3) is 0 Å². The molecule has 134 valence electrons. The highest BCUT2D eigenvalue weighted by Crippen LogP contribution is 2.58. The number of nitrogens with zero attached hydrogens (tertiary/aromatic N) is 1. The van der Waals surface area contributed by atoms with Crippen LogP contribution in [-0.4, -0.2) is 53.9 Å². The van der Waals surface area contributed by atoms with Crippen molar-refractivity contribution in [3.05, 3.63) is 0 Å². The molecule has 23 heavy (non-hydrogen) atoms. The molecule has 3 aliphatic rings. The number of hydrogen-bond donors (Lipinski definition) is 1. The fourth-order valence-corrected chi connectivity index (χ4v) is 4.88. The fraction of sp³-hybridized carbons (Fsp3) is 0.941. The molecule has 4 unspecified atom stereocenters. The first-order valence-electron chi connectivity index (χ1n) is 8.47. The summed E-state index contributed by atoms with van der Waals surface area (Å²) in [6, 6.07) is 0. The minimum atomic E-state index is -0.814. The molecule has 0 radical (unpaired) electrons. The summed E-state index contributed by atoms with van der Waals surface area (Å²) < 4.78 is 11.8. The van der Waals surface area contributed by atoms with Gasteiger partial charge in [-0.2, -0.15) is 0 Å². The molecule has 1 saturated carbocycles. The highest BCUT2D eigenvalue weighted by Gasteiger charge is 2.71. The highest BCUT2D eigenvalue weighted by molar-refractivity contribution is 5.89. The molecule has 5 nitrogen and oxygen atoms in total. The standard InChI is InChI=1S/C17H30N2O3.ClH/c1-11-9-19(10-15(2,3)22-11)14(20)17(18)12-7-6-8-21-13(12)16(17,4)5;/h11-13H,6-10,18H2,1-5H3;1H. The predicted molar refractivity (Wildman–Crippen MR) is 91.6 cm³/mol. The molecular formula is C17H31ClN2O3. The summed E-state index contributed by atoms with van der Waals surface area (Å²) >= 11 is 0. The Balaban J connectivity index is 0.00000192. The van der Waals surface area contributed by atoms with Crippen molar-refractivity contribution in [1.29, 1.82) is 0 Å². The van der Waals surface area contributed by atoms with Crippen LogP contribution in [0.25, 0.3) is 0 Å². The number of carbonyl (C=O) groups is 1. The molecule has 0 bridgehead atoms. The van der Waals surface area contributed by atoms with Crippen molar-refractivity contribution in [2.75, 3.05) is 19.7 Å². The van der Waals surface area contributed by atoms with Gasteiger partial charge in [-0.25, -0.2) is 0 Å². The van der Waals surface area contributed by atoms with E-state index in [1.807, 2.05) is 25.7 Å². The third-order valence-corrected chi connectivity index (χ3v) is 5.90. The van der Waals surface area contributed by atoms with Crippen molar-refractivity contribution in [1.82, 2.24) is 4.90 Å². The first-order valence-corrected chi connectivity index (χ1v) is 8.47. The zero-order valence-electron chi connectivity index (χ0n) is 14.9. The van der Waals surface area contributed by atoms with E-state index in [0.717, 1.165) is 19.4 Å². The zero-order chi connectivity index (χ0) is 16.3. The predicted octanol–water partition coefficient (Wildman–Crippen LogP) is 1.97. The SMILES string of the molecule is CC1CN(C(=O)C2(N)C3CCCOC3C2(C)C)CC(C)(C)O1.Cl. The number of amides is 1. The molecule has 3 rings (SSSR count). The molecule has 0 aromatic rings. The normalized spacial score (nSPS) is 41.3. The van der Waals surface area contributed by atoms with Crippen LogP contribution in [0.5, 0.6) is 0 Å². The summed E-state index contributed by atoms with van der Waals surface area (Å²) in [6.45, 7) is 12.2. The van der Waals surface area contributed by atoms with Crippen molar-refractivity contribution in [3.8, 4) is 0 Å². The Bertz CT molecular complexity index is 482. The molecule has 0 aromatic heterocycles. The Morgan fingerprint density at radius 3 is 2.52 bits per heavy atom. The molecule has 4 atom stereocenters. The number of rotatable bonds is 1. The maximum absolute atomic E-state index is 13.3. The number of halogens is 1. The van der Waals surface area contributed by atoms with Crippen LogP contribution in [0, 0.1) is 11.3 Å². The average Bonchev–Trinajstić information content (AvgIpc) is 2.43. The molecule has 1 amide bonds. The van der Waals surface area contributed by atoms with Crippen LogP contribution in [0.2, 0.25) is 0 Å². The zero-order valence-corrected chi connectivity index (χ0v) is 15.7. The van der Waals surface area contributed by atoms with Crippen LogP contribution in [0.15, 0.2) is 0 Å². The summed E-state index contributed by atoms with van der Waals surface area (Å²) in [4.78, 5) is 15.2. The number of nitrogens with two attached hydrogens (primary N) is 1. The van der Waals surface area contributed by atoms with Gasteiger partial charge in [-0.05, 0) is 33.6 Å². The monoisotopic (exact) mass is 346 g/mol. The number of ether oxygens (including phenoxy) is 2. The number of fused-ring (bicyclic) bond motifs is 1. The lowest BCUT2D eigenvalue weighted by Gasteiger charge is -2.66. The van der Waals surface area contributed by atoms with Crippen LogP contribution in [-0.2, 0) is 14.3 Å². The second-order valence-corrected chi connectivity index (χ2v) is 8.50. The minimum absolute atomic E-state index is 0. The van der Waals surface area contributed by atoms with E-state index < -0.39 is 5.54 Å². The molecule has 6 heteroatoms. The van der Waals surface area contributed by atoms with Gasteiger partial charge in [-0.1, -0.05) is 13.8 Å². The largest absolute Gasteiger partial charge is 0.377 e. The summed E-state index contributed by atoms with van der Waals surface area (Å²) in [5.41, 5.74) is 5.28. The summed E-state index contributed by atoms with van der Waals surface area (Å²) in [5, 5.41) is 0. The van der Waals surface area contributed by atoms with E-state index in [4.69, 9.17) is 15.2 Å². The van der Waals surface area contributed by atoms with E-state index in [1.165, 1.54) is 0 Å². The van der Waals surface area contributed by atoms with E-state index in [9.17, 15) is 4.79 Å². The van der Waals surface area contributed by atoms with Gasteiger partial charge >= 0.3 is 0 Å². The lowest BCUT2D eigenvalue weighted by Crippen LogP contribution is -2.83. The smallest absolute Gasteiger partial charge is 0.243 e. The molecule has 2 heterocycles. The maximum atomic E-state index is 13.3. The summed E-state index contributed by atoms with van der Waals surface area (Å²) in [6.07, 6.45) is 2.13. The van der Waals surface area contributed by atoms with Crippen LogP contribution < -0.4 is 5.73 Å². The first-order chi connectivity index (χ1) is 10.1. The van der Waals surface area contributed by atoms with Gasteiger partial charge in [0.05, 0.1) is 17.8 Å². The average molecular weight is 347 g/mol. The van der Waals surface area contributed by atoms with Crippen molar-refractivity contribution in [3.63, 3.8) is 0 Å². The van der Waals surface area contributed by atoms with Crippen LogP contribution in [0.3, 0.4) is 0 Å². The third-order valence-electron chi connectivity index (χ3n) is 5.90. The molecule has 3 fully saturated rings. The van der Waals surface area contributed by atoms with Gasteiger partial charge in [0, 0.05) is 31.0 Å². The number of carbonyl (C=O) groups excluding carboxylic acids is 1. The van der Waals surface area contributed by atoms with Crippen LogP contribution in [0.1, 0.15) is 47.5 Å². The van der Waals surface area contributed by atoms with Gasteiger partial charge in [0.15, 0.2) is 0 Å². The second-order valence-electron chi connectivity index (χ2n) is 8.50. The summed E-state index contributed by atoms with van der Waals surface area (Å²) in [7, 11) is 0. The van der Waals surface area contributed by atoms with E-state index in [2.05, 4.69) is 13.8 Å². The van der Waals surface area contributed by atoms with Crippen LogP contribution >= 0.6 is 12.4 Å². The first kappa shape index (κ1) is 19.0. The lowest BCUT2D eigenvalue weighted by atomic mass is 9.46. The molecule has 1 aliphatic carbocycles. The Hall–Kier alpha value is -0.360. The van der Waals surface area contributed by atoms with Gasteiger partial charge in [0.2, 0.25) is 5.91 Å². The molecular weight excluding hydrogens is 316 g/mol. The topological polar surface area (TPSA) is 64.8 Å². The molecule has 2 saturated heterocycles.